The molecule has 118 valence electrons. The summed E-state index contributed by atoms with van der Waals surface area (Å²) in [6, 6.07) is 6.08. The molecule has 0 bridgehead atoms. The number of hydrogen-bond acceptors (Lipinski definition) is 5. The molecule has 0 amide bonds. The van der Waals surface area contributed by atoms with E-state index in [1.54, 1.807) is 18.4 Å². The minimum Gasteiger partial charge on any atom is -0.481 e. The summed E-state index contributed by atoms with van der Waals surface area (Å²) < 4.78 is 10.2. The maximum absolute atomic E-state index is 12.6. The Labute approximate surface area is 142 Å². The summed E-state index contributed by atoms with van der Waals surface area (Å²) in [6.45, 7) is 8.61. The van der Waals surface area contributed by atoms with Gasteiger partial charge in [0.25, 0.3) is 0 Å². The number of halogens is 1. The first-order valence-electron chi connectivity index (χ1n) is 6.63. The van der Waals surface area contributed by atoms with E-state index >= 15 is 0 Å². The highest BCUT2D eigenvalue weighted by atomic mass is 35.5. The predicted octanol–water partition coefficient (Wildman–Crippen LogP) is 4.13. The molecular weight excluding hydrogens is 338 g/mol. The molecule has 0 fully saturated rings. The van der Waals surface area contributed by atoms with Crippen molar-refractivity contribution in [3.63, 3.8) is 0 Å². The van der Waals surface area contributed by atoms with E-state index in [0.29, 0.717) is 15.6 Å². The van der Waals surface area contributed by atoms with Crippen molar-refractivity contribution >= 4 is 40.4 Å². The molecule has 0 saturated carbocycles. The number of hydrogen-bond donors (Lipinski definition) is 0. The van der Waals surface area contributed by atoms with Gasteiger partial charge < -0.3 is 9.47 Å². The molecule has 5 nitrogen and oxygen atoms in total. The van der Waals surface area contributed by atoms with Crippen LogP contribution in [0, 0.1) is 6.57 Å². The predicted molar refractivity (Wildman–Crippen MR) is 87.6 cm³/mol. The van der Waals surface area contributed by atoms with E-state index in [9.17, 15) is 9.59 Å². The molecule has 2 aromatic rings. The summed E-state index contributed by atoms with van der Waals surface area (Å²) in [5.74, 6) is -0.594. The van der Waals surface area contributed by atoms with Crippen LogP contribution < -0.4 is 4.74 Å². The Morgan fingerprint density at radius 2 is 2.13 bits per heavy atom. The highest BCUT2D eigenvalue weighted by Gasteiger charge is 2.18. The summed E-state index contributed by atoms with van der Waals surface area (Å²) in [5, 5.41) is 1.97. The molecule has 0 atom stereocenters. The third-order valence-corrected chi connectivity index (χ3v) is 3.93. The molecule has 0 saturated heterocycles. The van der Waals surface area contributed by atoms with Crippen LogP contribution in [0.5, 0.6) is 5.75 Å². The fourth-order valence-corrected chi connectivity index (χ4v) is 2.73. The Balaban J connectivity index is 2.26. The average Bonchev–Trinajstić information content (AvgIpc) is 3.02. The highest BCUT2D eigenvalue weighted by Crippen LogP contribution is 2.29. The van der Waals surface area contributed by atoms with Crippen molar-refractivity contribution < 1.29 is 19.1 Å². The van der Waals surface area contributed by atoms with E-state index in [0.717, 1.165) is 0 Å². The lowest BCUT2D eigenvalue weighted by atomic mass is 10.1. The first kappa shape index (κ1) is 17.0. The fourth-order valence-electron chi connectivity index (χ4n) is 1.78. The lowest BCUT2D eigenvalue weighted by molar-refractivity contribution is -0.145. The molecule has 0 N–H and O–H groups in total. The molecule has 0 spiro atoms. The zero-order valence-electron chi connectivity index (χ0n) is 12.2. The van der Waals surface area contributed by atoms with Crippen molar-refractivity contribution in [3.05, 3.63) is 56.5 Å². The average molecular weight is 350 g/mol. The second-order valence-corrected chi connectivity index (χ2v) is 5.69. The van der Waals surface area contributed by atoms with Crippen molar-refractivity contribution in [2.24, 2.45) is 0 Å². The van der Waals surface area contributed by atoms with Crippen molar-refractivity contribution in [1.29, 1.82) is 0 Å². The molecular formula is C16H12ClNO4S. The van der Waals surface area contributed by atoms with Gasteiger partial charge in [0.05, 0.1) is 23.6 Å². The van der Waals surface area contributed by atoms with E-state index in [-0.39, 0.29) is 30.3 Å². The normalized spacial score (nSPS) is 9.96. The van der Waals surface area contributed by atoms with Crippen LogP contribution >= 0.6 is 22.9 Å². The van der Waals surface area contributed by atoms with Crippen molar-refractivity contribution in [2.45, 2.75) is 6.92 Å². The first-order valence-corrected chi connectivity index (χ1v) is 7.89. The summed E-state index contributed by atoms with van der Waals surface area (Å²) in [5.41, 5.74) is 0.634. The Hall–Kier alpha value is -2.36. The number of nitrogens with zero attached hydrogens (tertiary/aromatic N) is 1. The number of ketones is 1. The van der Waals surface area contributed by atoms with Crippen LogP contribution in [0.3, 0.4) is 0 Å². The Morgan fingerprint density at radius 3 is 2.78 bits per heavy atom. The van der Waals surface area contributed by atoms with Crippen LogP contribution in [0.1, 0.15) is 22.2 Å². The molecule has 0 aliphatic heterocycles. The largest absolute Gasteiger partial charge is 0.481 e. The van der Waals surface area contributed by atoms with Gasteiger partial charge in [-0.25, -0.2) is 9.64 Å². The first-order chi connectivity index (χ1) is 11.0. The number of esters is 1. The Kier molecular flexibility index (Phi) is 5.74. The number of ether oxygens (including phenoxy) is 2. The molecule has 1 aromatic carbocycles. The number of thiophene rings is 1. The maximum atomic E-state index is 12.6. The minimum atomic E-state index is -0.521. The molecule has 1 aromatic heterocycles. The van der Waals surface area contributed by atoms with Gasteiger partial charge in [0.2, 0.25) is 5.78 Å². The van der Waals surface area contributed by atoms with Gasteiger partial charge in [-0.2, -0.15) is 11.3 Å². The SMILES string of the molecule is [C-]#[N+]c1csc(C(=O)c2cc(Cl)ccc2OCC(=O)OCC)c1. The third kappa shape index (κ3) is 4.31. The minimum absolute atomic E-state index is 0.236. The Bertz CT molecular complexity index is 779. The van der Waals surface area contributed by atoms with Crippen LogP contribution in [0.2, 0.25) is 5.02 Å². The van der Waals surface area contributed by atoms with E-state index in [1.165, 1.54) is 29.5 Å². The van der Waals surface area contributed by atoms with Gasteiger partial charge in [-0.05, 0) is 36.6 Å². The fraction of sp³-hybridized carbons (Fsp3) is 0.188. The van der Waals surface area contributed by atoms with Crippen LogP contribution in [0.15, 0.2) is 29.6 Å². The molecule has 23 heavy (non-hydrogen) atoms. The molecule has 0 unspecified atom stereocenters. The monoisotopic (exact) mass is 349 g/mol. The molecule has 1 heterocycles. The molecule has 7 heteroatoms. The second kappa shape index (κ2) is 7.77. The summed E-state index contributed by atoms with van der Waals surface area (Å²) in [4.78, 5) is 27.6. The molecule has 0 radical (unpaired) electrons. The standard InChI is InChI=1S/C16H12ClNO4S/c1-3-21-15(19)8-22-13-5-4-10(17)6-12(13)16(20)14-7-11(18-2)9-23-14/h4-7,9H,3,8H2,1H3. The maximum Gasteiger partial charge on any atom is 0.344 e. The van der Waals surface area contributed by atoms with E-state index in [1.807, 2.05) is 0 Å². The topological polar surface area (TPSA) is 57.0 Å². The van der Waals surface area contributed by atoms with Gasteiger partial charge in [0, 0.05) is 5.02 Å². The molecule has 0 aliphatic rings. The van der Waals surface area contributed by atoms with Crippen molar-refractivity contribution in [2.75, 3.05) is 13.2 Å². The van der Waals surface area contributed by atoms with Crippen LogP contribution in [0.4, 0.5) is 5.69 Å². The van der Waals surface area contributed by atoms with E-state index in [4.69, 9.17) is 27.6 Å². The van der Waals surface area contributed by atoms with Crippen molar-refractivity contribution in [1.82, 2.24) is 0 Å². The van der Waals surface area contributed by atoms with E-state index < -0.39 is 5.97 Å². The number of benzene rings is 1. The van der Waals surface area contributed by atoms with Gasteiger partial charge in [-0.1, -0.05) is 11.6 Å². The quantitative estimate of drug-likeness (QED) is 0.447. The third-order valence-electron chi connectivity index (χ3n) is 2.78. The van der Waals surface area contributed by atoms with Crippen molar-refractivity contribution in [3.8, 4) is 5.75 Å². The van der Waals surface area contributed by atoms with Crippen LogP contribution in [0.25, 0.3) is 4.85 Å². The number of rotatable bonds is 6. The van der Waals surface area contributed by atoms with Gasteiger partial charge >= 0.3 is 5.97 Å². The van der Waals surface area contributed by atoms with Gasteiger partial charge in [0.15, 0.2) is 12.3 Å². The van der Waals surface area contributed by atoms with Gasteiger partial charge in [0.1, 0.15) is 5.75 Å². The zero-order chi connectivity index (χ0) is 16.8. The second-order valence-electron chi connectivity index (χ2n) is 4.34. The summed E-state index contributed by atoms with van der Waals surface area (Å²) in [7, 11) is 0. The lowest BCUT2D eigenvalue weighted by Crippen LogP contribution is -2.16. The van der Waals surface area contributed by atoms with E-state index in [2.05, 4.69) is 4.85 Å². The molecule has 0 aliphatic carbocycles. The lowest BCUT2D eigenvalue weighted by Gasteiger charge is -2.10. The highest BCUT2D eigenvalue weighted by molar-refractivity contribution is 7.12. The number of carbonyl (C=O) groups excluding carboxylic acids is 2. The molecule has 2 rings (SSSR count). The van der Waals surface area contributed by atoms with Gasteiger partial charge in [-0.15, -0.1) is 0 Å². The smallest absolute Gasteiger partial charge is 0.344 e. The Morgan fingerprint density at radius 1 is 1.35 bits per heavy atom. The zero-order valence-corrected chi connectivity index (χ0v) is 13.7. The van der Waals surface area contributed by atoms with Crippen LogP contribution in [-0.2, 0) is 9.53 Å². The van der Waals surface area contributed by atoms with Gasteiger partial charge in [-0.3, -0.25) is 4.79 Å². The summed E-state index contributed by atoms with van der Waals surface area (Å²) >= 11 is 7.12. The summed E-state index contributed by atoms with van der Waals surface area (Å²) in [6.07, 6.45) is 0. The number of carbonyl (C=O) groups is 2. The van der Waals surface area contributed by atoms with Crippen LogP contribution in [-0.4, -0.2) is 25.0 Å².